The van der Waals surface area contributed by atoms with Gasteiger partial charge in [0.05, 0.1) is 17.8 Å². The van der Waals surface area contributed by atoms with Crippen molar-refractivity contribution in [2.45, 2.75) is 27.4 Å². The Balaban J connectivity index is 0.000000171. The number of aliphatic hydroxyl groups excluding tert-OH is 1. The number of fused-ring (bicyclic) bond motifs is 1. The molecule has 0 aliphatic heterocycles. The van der Waals surface area contributed by atoms with Gasteiger partial charge in [-0.25, -0.2) is 13.8 Å². The molecule has 38 heavy (non-hydrogen) atoms. The summed E-state index contributed by atoms with van der Waals surface area (Å²) in [6, 6.07) is 28.3. The number of benzene rings is 4. The number of Topliss-reactive ketones (excluding diaryl/α,β-unsaturated/α-hetero) is 1. The highest BCUT2D eigenvalue weighted by Gasteiger charge is 2.03. The van der Waals surface area contributed by atoms with Crippen LogP contribution in [0.25, 0.3) is 22.2 Å². The fourth-order valence-corrected chi connectivity index (χ4v) is 3.63. The normalized spacial score (nSPS) is 10.2. The first-order valence-electron chi connectivity index (χ1n) is 12.0. The molecule has 4 aromatic carbocycles. The van der Waals surface area contributed by atoms with Crippen LogP contribution < -0.4 is 5.73 Å². The van der Waals surface area contributed by atoms with Gasteiger partial charge in [0.1, 0.15) is 11.6 Å². The molecule has 5 rings (SSSR count). The molecule has 0 saturated carbocycles. The van der Waals surface area contributed by atoms with Gasteiger partial charge in [-0.15, -0.1) is 0 Å². The Morgan fingerprint density at radius 2 is 1.45 bits per heavy atom. The van der Waals surface area contributed by atoms with E-state index < -0.39 is 0 Å². The van der Waals surface area contributed by atoms with Gasteiger partial charge in [-0.3, -0.25) is 4.79 Å². The average molecular weight is 513 g/mol. The summed E-state index contributed by atoms with van der Waals surface area (Å²) in [5.74, 6) is -0.505. The van der Waals surface area contributed by atoms with Crippen LogP contribution in [0.1, 0.15) is 34.0 Å². The van der Waals surface area contributed by atoms with Crippen molar-refractivity contribution in [2.75, 3.05) is 5.73 Å². The van der Waals surface area contributed by atoms with Crippen molar-refractivity contribution in [1.29, 1.82) is 0 Å². The van der Waals surface area contributed by atoms with Crippen LogP contribution in [0.5, 0.6) is 0 Å². The fourth-order valence-electron chi connectivity index (χ4n) is 3.63. The Morgan fingerprint density at radius 1 is 0.816 bits per heavy atom. The van der Waals surface area contributed by atoms with Crippen molar-refractivity contribution in [1.82, 2.24) is 4.98 Å². The number of aryl methyl sites for hydroxylation is 2. The number of hydrogen-bond donors (Lipinski definition) is 2. The zero-order valence-electron chi connectivity index (χ0n) is 21.6. The highest BCUT2D eigenvalue weighted by atomic mass is 19.1. The number of halogens is 2. The van der Waals surface area contributed by atoms with E-state index in [1.54, 1.807) is 13.0 Å². The maximum atomic E-state index is 13.2. The topological polar surface area (TPSA) is 76.2 Å². The van der Waals surface area contributed by atoms with Gasteiger partial charge < -0.3 is 10.8 Å². The lowest BCUT2D eigenvalue weighted by Gasteiger charge is -2.04. The molecule has 0 atom stereocenters. The highest BCUT2D eigenvalue weighted by Crippen LogP contribution is 2.22. The van der Waals surface area contributed by atoms with E-state index >= 15 is 0 Å². The largest absolute Gasteiger partial charge is 0.398 e. The number of ketones is 1. The predicted molar refractivity (Wildman–Crippen MR) is 150 cm³/mol. The van der Waals surface area contributed by atoms with Crippen molar-refractivity contribution in [3.63, 3.8) is 0 Å². The molecule has 0 saturated heterocycles. The lowest BCUT2D eigenvalue weighted by molar-refractivity contribution is 0.101. The number of nitrogens with two attached hydrogens (primary N) is 1. The van der Waals surface area contributed by atoms with Gasteiger partial charge in [-0.05, 0) is 63.2 Å². The molecule has 0 amide bonds. The van der Waals surface area contributed by atoms with Gasteiger partial charge in [0, 0.05) is 33.8 Å². The zero-order chi connectivity index (χ0) is 27.7. The molecule has 0 radical (unpaired) electrons. The summed E-state index contributed by atoms with van der Waals surface area (Å²) in [6.45, 7) is 5.46. The molecule has 0 fully saturated rings. The molecule has 0 spiro atoms. The number of rotatable bonds is 3. The lowest BCUT2D eigenvalue weighted by atomic mass is 10.1. The van der Waals surface area contributed by atoms with Crippen molar-refractivity contribution in [2.24, 2.45) is 0 Å². The molecule has 3 N–H and O–H groups in total. The Kier molecular flexibility index (Phi) is 9.79. The Bertz CT molecular complexity index is 1550. The van der Waals surface area contributed by atoms with E-state index in [4.69, 9.17) is 10.8 Å². The second kappa shape index (κ2) is 13.2. The van der Waals surface area contributed by atoms with E-state index in [0.29, 0.717) is 16.8 Å². The average Bonchev–Trinajstić information content (AvgIpc) is 2.89. The van der Waals surface area contributed by atoms with E-state index in [1.807, 2.05) is 68.4 Å². The number of aliphatic hydroxyl groups is 1. The third-order valence-electron chi connectivity index (χ3n) is 5.67. The smallest absolute Gasteiger partial charge is 0.159 e. The molecule has 194 valence electrons. The summed E-state index contributed by atoms with van der Waals surface area (Å²) in [7, 11) is 0. The van der Waals surface area contributed by atoms with Crippen LogP contribution in [0, 0.1) is 25.5 Å². The van der Waals surface area contributed by atoms with Crippen LogP contribution in [-0.4, -0.2) is 15.9 Å². The summed E-state index contributed by atoms with van der Waals surface area (Å²) < 4.78 is 25.5. The Labute approximate surface area is 221 Å². The number of nitrogen functional groups attached to an aromatic ring is 1. The van der Waals surface area contributed by atoms with Crippen LogP contribution in [0.2, 0.25) is 0 Å². The molecular weight excluding hydrogens is 482 g/mol. The first kappa shape index (κ1) is 28.2. The molecule has 0 bridgehead atoms. The Morgan fingerprint density at radius 3 is 2.05 bits per heavy atom. The van der Waals surface area contributed by atoms with Gasteiger partial charge in [-0.2, -0.15) is 0 Å². The molecule has 0 unspecified atom stereocenters. The SMILES string of the molecule is CC(=O)c1cccc(C)c1.Cc1cccc(-c2ccc3ccc(F)cc3n2)c1.Nc1cc(F)ccc1CO. The number of hydrogen-bond acceptors (Lipinski definition) is 4. The van der Waals surface area contributed by atoms with Crippen LogP contribution in [0.15, 0.2) is 97.1 Å². The molecule has 1 aromatic heterocycles. The minimum absolute atomic E-state index is 0.128. The van der Waals surface area contributed by atoms with E-state index in [2.05, 4.69) is 11.1 Å². The van der Waals surface area contributed by atoms with Crippen LogP contribution in [0.3, 0.4) is 0 Å². The van der Waals surface area contributed by atoms with Crippen LogP contribution >= 0.6 is 0 Å². The number of nitrogens with zero attached hydrogens (tertiary/aromatic N) is 1. The summed E-state index contributed by atoms with van der Waals surface area (Å²) in [5.41, 5.74) is 11.9. The van der Waals surface area contributed by atoms with E-state index in [-0.39, 0.29) is 24.0 Å². The van der Waals surface area contributed by atoms with Crippen LogP contribution in [0.4, 0.5) is 14.5 Å². The molecule has 1 heterocycles. The third-order valence-corrected chi connectivity index (χ3v) is 5.67. The second-order valence-corrected chi connectivity index (χ2v) is 8.83. The van der Waals surface area contributed by atoms with Crippen LogP contribution in [-0.2, 0) is 6.61 Å². The van der Waals surface area contributed by atoms with Gasteiger partial charge >= 0.3 is 0 Å². The van der Waals surface area contributed by atoms with Gasteiger partial charge in [0.15, 0.2) is 5.78 Å². The quantitative estimate of drug-likeness (QED) is 0.194. The second-order valence-electron chi connectivity index (χ2n) is 8.83. The van der Waals surface area contributed by atoms with Crippen molar-refractivity contribution >= 4 is 22.4 Å². The van der Waals surface area contributed by atoms with Gasteiger partial charge in [-0.1, -0.05) is 59.7 Å². The summed E-state index contributed by atoms with van der Waals surface area (Å²) >= 11 is 0. The van der Waals surface area contributed by atoms with Crippen molar-refractivity contribution < 1.29 is 18.7 Å². The maximum absolute atomic E-state index is 13.2. The van der Waals surface area contributed by atoms with E-state index in [0.717, 1.165) is 27.8 Å². The fraction of sp³-hybridized carbons (Fsp3) is 0.125. The minimum atomic E-state index is -0.380. The third kappa shape index (κ3) is 8.05. The number of carbonyl (C=O) groups excluding carboxylic acids is 1. The van der Waals surface area contributed by atoms with E-state index in [9.17, 15) is 13.6 Å². The summed E-state index contributed by atoms with van der Waals surface area (Å²) in [6.07, 6.45) is 0. The molecular formula is C32H30F2N2O2. The number of aromatic nitrogens is 1. The predicted octanol–water partition coefficient (Wildman–Crippen LogP) is 7.45. The standard InChI is InChI=1S/C16H12FN.C9H10O.C7H8FNO/c1-11-3-2-4-13(9-11)15-8-6-12-5-7-14(17)10-16(12)18-15;1-7-4-3-5-9(6-7)8(2)10;8-6-2-1-5(4-10)7(9)3-6/h2-10H,1H3;3-6H,1-2H3;1-3,10H,4,9H2. The van der Waals surface area contributed by atoms with Gasteiger partial charge in [0.25, 0.3) is 0 Å². The first-order chi connectivity index (χ1) is 18.2. The minimum Gasteiger partial charge on any atom is -0.398 e. The monoisotopic (exact) mass is 512 g/mol. The molecule has 6 heteroatoms. The number of anilines is 1. The maximum Gasteiger partial charge on any atom is 0.159 e. The molecule has 0 aliphatic rings. The Hall–Kier alpha value is -4.42. The van der Waals surface area contributed by atoms with Crippen molar-refractivity contribution in [3.8, 4) is 11.3 Å². The van der Waals surface area contributed by atoms with Gasteiger partial charge in [0.2, 0.25) is 0 Å². The molecule has 5 aromatic rings. The highest BCUT2D eigenvalue weighted by molar-refractivity contribution is 5.94. The lowest BCUT2D eigenvalue weighted by Crippen LogP contribution is -1.94. The van der Waals surface area contributed by atoms with Crippen molar-refractivity contribution in [3.05, 3.63) is 131 Å². The molecule has 0 aliphatic carbocycles. The first-order valence-corrected chi connectivity index (χ1v) is 12.0. The number of carbonyl (C=O) groups is 1. The number of pyridine rings is 1. The molecule has 4 nitrogen and oxygen atoms in total. The summed E-state index contributed by atoms with van der Waals surface area (Å²) in [5, 5.41) is 9.56. The van der Waals surface area contributed by atoms with E-state index in [1.165, 1.54) is 35.9 Å². The summed E-state index contributed by atoms with van der Waals surface area (Å²) in [4.78, 5) is 15.3. The zero-order valence-corrected chi connectivity index (χ0v) is 21.6.